The van der Waals surface area contributed by atoms with Crippen LogP contribution in [-0.2, 0) is 9.53 Å². The molecule has 1 aromatic carbocycles. The molecule has 1 unspecified atom stereocenters. The molecule has 0 saturated heterocycles. The molecule has 0 aliphatic heterocycles. The SMILES string of the molecule is CCOC(=O)C(O)c1cccc(OC)c1O. The Morgan fingerprint density at radius 3 is 2.75 bits per heavy atom. The zero-order valence-corrected chi connectivity index (χ0v) is 9.14. The largest absolute Gasteiger partial charge is 0.504 e. The average molecular weight is 226 g/mol. The quantitative estimate of drug-likeness (QED) is 0.749. The first kappa shape index (κ1) is 12.3. The van der Waals surface area contributed by atoms with E-state index < -0.39 is 12.1 Å². The number of methoxy groups -OCH3 is 1. The Labute approximate surface area is 93.2 Å². The van der Waals surface area contributed by atoms with E-state index in [1.165, 1.54) is 19.2 Å². The number of phenolic OH excluding ortho intramolecular Hbond substituents is 1. The molecular weight excluding hydrogens is 212 g/mol. The van der Waals surface area contributed by atoms with Crippen molar-refractivity contribution in [3.05, 3.63) is 23.8 Å². The van der Waals surface area contributed by atoms with Crippen molar-refractivity contribution in [2.45, 2.75) is 13.0 Å². The van der Waals surface area contributed by atoms with Gasteiger partial charge in [-0.15, -0.1) is 0 Å². The highest BCUT2D eigenvalue weighted by Crippen LogP contribution is 2.33. The number of aliphatic hydroxyl groups excluding tert-OH is 1. The fourth-order valence-corrected chi connectivity index (χ4v) is 1.27. The average Bonchev–Trinajstić information content (AvgIpc) is 2.29. The summed E-state index contributed by atoms with van der Waals surface area (Å²) in [6.07, 6.45) is -1.50. The summed E-state index contributed by atoms with van der Waals surface area (Å²) in [5.74, 6) is -0.863. The van der Waals surface area contributed by atoms with Gasteiger partial charge in [-0.2, -0.15) is 0 Å². The molecule has 1 atom stereocenters. The van der Waals surface area contributed by atoms with Gasteiger partial charge in [-0.1, -0.05) is 12.1 Å². The number of benzene rings is 1. The van der Waals surface area contributed by atoms with Crippen LogP contribution in [0.4, 0.5) is 0 Å². The van der Waals surface area contributed by atoms with Crippen LogP contribution in [0.3, 0.4) is 0 Å². The third-order valence-corrected chi connectivity index (χ3v) is 2.05. The third kappa shape index (κ3) is 2.43. The van der Waals surface area contributed by atoms with Crippen LogP contribution < -0.4 is 4.74 Å². The van der Waals surface area contributed by atoms with E-state index in [2.05, 4.69) is 4.74 Å². The second kappa shape index (κ2) is 5.37. The topological polar surface area (TPSA) is 76.0 Å². The van der Waals surface area contributed by atoms with Gasteiger partial charge in [-0.05, 0) is 13.0 Å². The fraction of sp³-hybridized carbons (Fsp3) is 0.364. The summed E-state index contributed by atoms with van der Waals surface area (Å²) >= 11 is 0. The Hall–Kier alpha value is -1.75. The standard InChI is InChI=1S/C11H14O5/c1-3-16-11(14)10(13)7-5-4-6-8(15-2)9(7)12/h4-6,10,12-13H,3H2,1-2H3. The Morgan fingerprint density at radius 1 is 1.50 bits per heavy atom. The summed E-state index contributed by atoms with van der Waals surface area (Å²) in [5.41, 5.74) is 0.0674. The predicted octanol–water partition coefficient (Wildman–Crippen LogP) is 0.997. The molecule has 1 rings (SSSR count). The van der Waals surface area contributed by atoms with Gasteiger partial charge in [0.1, 0.15) is 0 Å². The molecule has 0 bridgehead atoms. The minimum absolute atomic E-state index is 0.0674. The highest BCUT2D eigenvalue weighted by molar-refractivity contribution is 5.77. The number of carbonyl (C=O) groups is 1. The molecule has 16 heavy (non-hydrogen) atoms. The van der Waals surface area contributed by atoms with Gasteiger partial charge in [0.25, 0.3) is 0 Å². The number of esters is 1. The molecule has 0 aliphatic carbocycles. The zero-order chi connectivity index (χ0) is 12.1. The van der Waals surface area contributed by atoms with Crippen molar-refractivity contribution >= 4 is 5.97 Å². The molecule has 0 saturated carbocycles. The number of aliphatic hydroxyl groups is 1. The maximum Gasteiger partial charge on any atom is 0.339 e. The van der Waals surface area contributed by atoms with Crippen LogP contribution in [0.5, 0.6) is 11.5 Å². The Balaban J connectivity index is 2.99. The van der Waals surface area contributed by atoms with E-state index in [9.17, 15) is 15.0 Å². The molecule has 0 spiro atoms. The van der Waals surface area contributed by atoms with Crippen LogP contribution in [-0.4, -0.2) is 29.9 Å². The number of para-hydroxylation sites is 1. The number of hydrogen-bond acceptors (Lipinski definition) is 5. The van der Waals surface area contributed by atoms with Gasteiger partial charge in [0.2, 0.25) is 0 Å². The molecular formula is C11H14O5. The van der Waals surface area contributed by atoms with E-state index >= 15 is 0 Å². The van der Waals surface area contributed by atoms with Crippen LogP contribution >= 0.6 is 0 Å². The Bertz CT molecular complexity index is 375. The van der Waals surface area contributed by atoms with E-state index in [1.807, 2.05) is 0 Å². The summed E-state index contributed by atoms with van der Waals surface area (Å²) in [5, 5.41) is 19.3. The second-order valence-electron chi connectivity index (χ2n) is 3.05. The molecule has 0 radical (unpaired) electrons. The lowest BCUT2D eigenvalue weighted by molar-refractivity contribution is -0.153. The highest BCUT2D eigenvalue weighted by Gasteiger charge is 2.23. The molecule has 88 valence electrons. The van der Waals surface area contributed by atoms with Crippen molar-refractivity contribution in [1.82, 2.24) is 0 Å². The van der Waals surface area contributed by atoms with Gasteiger partial charge in [0.05, 0.1) is 13.7 Å². The number of phenols is 1. The van der Waals surface area contributed by atoms with Crippen molar-refractivity contribution in [1.29, 1.82) is 0 Å². The first-order valence-electron chi connectivity index (χ1n) is 4.82. The van der Waals surface area contributed by atoms with Gasteiger partial charge in [0, 0.05) is 5.56 Å². The second-order valence-corrected chi connectivity index (χ2v) is 3.05. The zero-order valence-electron chi connectivity index (χ0n) is 9.14. The van der Waals surface area contributed by atoms with E-state index in [0.717, 1.165) is 0 Å². The van der Waals surface area contributed by atoms with Crippen LogP contribution in [0, 0.1) is 0 Å². The Morgan fingerprint density at radius 2 is 2.19 bits per heavy atom. The minimum Gasteiger partial charge on any atom is -0.504 e. The lowest BCUT2D eigenvalue weighted by atomic mass is 10.1. The maximum absolute atomic E-state index is 11.3. The molecule has 1 aromatic rings. The smallest absolute Gasteiger partial charge is 0.339 e. The van der Waals surface area contributed by atoms with Crippen LogP contribution in [0.1, 0.15) is 18.6 Å². The number of carbonyl (C=O) groups excluding carboxylic acids is 1. The molecule has 2 N–H and O–H groups in total. The molecule has 0 amide bonds. The fourth-order valence-electron chi connectivity index (χ4n) is 1.27. The normalized spacial score (nSPS) is 11.9. The summed E-state index contributed by atoms with van der Waals surface area (Å²) in [4.78, 5) is 11.3. The van der Waals surface area contributed by atoms with Crippen molar-refractivity contribution in [3.8, 4) is 11.5 Å². The highest BCUT2D eigenvalue weighted by atomic mass is 16.5. The molecule has 0 aliphatic rings. The maximum atomic E-state index is 11.3. The Kier molecular flexibility index (Phi) is 4.13. The van der Waals surface area contributed by atoms with Crippen molar-refractivity contribution < 1.29 is 24.5 Å². The van der Waals surface area contributed by atoms with Crippen LogP contribution in [0.2, 0.25) is 0 Å². The summed E-state index contributed by atoms with van der Waals surface area (Å²) in [7, 11) is 1.38. The van der Waals surface area contributed by atoms with E-state index in [4.69, 9.17) is 4.74 Å². The van der Waals surface area contributed by atoms with E-state index in [1.54, 1.807) is 13.0 Å². The number of rotatable bonds is 4. The van der Waals surface area contributed by atoms with Crippen LogP contribution in [0.15, 0.2) is 18.2 Å². The number of hydrogen-bond donors (Lipinski definition) is 2. The summed E-state index contributed by atoms with van der Waals surface area (Å²) in [6, 6.07) is 4.52. The van der Waals surface area contributed by atoms with Gasteiger partial charge in [-0.25, -0.2) is 4.79 Å². The number of ether oxygens (including phenoxy) is 2. The van der Waals surface area contributed by atoms with Crippen molar-refractivity contribution in [2.75, 3.05) is 13.7 Å². The van der Waals surface area contributed by atoms with E-state index in [0.29, 0.717) is 0 Å². The van der Waals surface area contributed by atoms with Crippen LogP contribution in [0.25, 0.3) is 0 Å². The lowest BCUT2D eigenvalue weighted by Crippen LogP contribution is -2.15. The first-order chi connectivity index (χ1) is 7.61. The first-order valence-corrected chi connectivity index (χ1v) is 4.82. The van der Waals surface area contributed by atoms with E-state index in [-0.39, 0.29) is 23.7 Å². The van der Waals surface area contributed by atoms with Crippen molar-refractivity contribution in [3.63, 3.8) is 0 Å². The summed E-state index contributed by atoms with van der Waals surface area (Å²) in [6.45, 7) is 1.80. The number of aromatic hydroxyl groups is 1. The molecule has 0 heterocycles. The van der Waals surface area contributed by atoms with Gasteiger partial charge < -0.3 is 19.7 Å². The molecule has 5 heteroatoms. The molecule has 0 fully saturated rings. The lowest BCUT2D eigenvalue weighted by Gasteiger charge is -2.13. The third-order valence-electron chi connectivity index (χ3n) is 2.05. The van der Waals surface area contributed by atoms with Crippen molar-refractivity contribution in [2.24, 2.45) is 0 Å². The monoisotopic (exact) mass is 226 g/mol. The summed E-state index contributed by atoms with van der Waals surface area (Å²) < 4.78 is 9.51. The minimum atomic E-state index is -1.50. The van der Waals surface area contributed by atoms with Gasteiger partial charge in [0.15, 0.2) is 17.6 Å². The molecule has 5 nitrogen and oxygen atoms in total. The van der Waals surface area contributed by atoms with Gasteiger partial charge in [-0.3, -0.25) is 0 Å². The van der Waals surface area contributed by atoms with Gasteiger partial charge >= 0.3 is 5.97 Å². The molecule has 0 aromatic heterocycles. The predicted molar refractivity (Wildman–Crippen MR) is 56.3 cm³/mol.